The minimum Gasteiger partial charge on any atom is -0.346 e. The molecule has 80 valence electrons. The van der Waals surface area contributed by atoms with E-state index < -0.39 is 0 Å². The van der Waals surface area contributed by atoms with Crippen molar-refractivity contribution in [1.82, 2.24) is 4.57 Å². The molecule has 2 rings (SSSR count). The summed E-state index contributed by atoms with van der Waals surface area (Å²) in [6.45, 7) is 2.18. The van der Waals surface area contributed by atoms with Crippen molar-refractivity contribution in [3.05, 3.63) is 35.0 Å². The second-order valence-electron chi connectivity index (χ2n) is 3.51. The van der Waals surface area contributed by atoms with Gasteiger partial charge in [0.1, 0.15) is 0 Å². The van der Waals surface area contributed by atoms with E-state index in [0.29, 0.717) is 0 Å². The molecule has 0 bridgehead atoms. The molecule has 15 heavy (non-hydrogen) atoms. The number of benzene rings is 1. The number of hydrogen-bond acceptors (Lipinski definition) is 1. The van der Waals surface area contributed by atoms with Gasteiger partial charge < -0.3 is 4.57 Å². The first-order chi connectivity index (χ1) is 7.24. The van der Waals surface area contributed by atoms with Crippen LogP contribution in [-0.2, 0) is 12.8 Å². The molecule has 0 radical (unpaired) electrons. The maximum absolute atomic E-state index is 6.18. The maximum Gasteiger partial charge on any atom is 0.0669 e. The lowest BCUT2D eigenvalue weighted by molar-refractivity contribution is 0.910. The number of para-hydroxylation sites is 1. The van der Waals surface area contributed by atoms with E-state index in [4.69, 9.17) is 11.6 Å². The van der Waals surface area contributed by atoms with Crippen LogP contribution in [0.15, 0.2) is 24.3 Å². The summed E-state index contributed by atoms with van der Waals surface area (Å²) in [7, 11) is 2.08. The fourth-order valence-electron chi connectivity index (χ4n) is 1.77. The summed E-state index contributed by atoms with van der Waals surface area (Å²) in [6, 6.07) is 8.28. The summed E-state index contributed by atoms with van der Waals surface area (Å²) in [5, 5.41) is 2.07. The van der Waals surface area contributed by atoms with E-state index in [1.54, 1.807) is 0 Å². The second kappa shape index (κ2) is 4.50. The zero-order chi connectivity index (χ0) is 10.8. The molecule has 1 heterocycles. The molecule has 3 heteroatoms. The zero-order valence-electron chi connectivity index (χ0n) is 8.96. The SMILES string of the molecule is CCSCc1cc2cccc(Cl)c2n1C. The molecule has 0 aliphatic carbocycles. The van der Waals surface area contributed by atoms with Gasteiger partial charge in [-0.2, -0.15) is 11.8 Å². The Labute approximate surface area is 99.4 Å². The predicted molar refractivity (Wildman–Crippen MR) is 69.8 cm³/mol. The minimum absolute atomic E-state index is 0.836. The Morgan fingerprint density at radius 3 is 2.87 bits per heavy atom. The highest BCUT2D eigenvalue weighted by molar-refractivity contribution is 7.98. The number of rotatable bonds is 3. The van der Waals surface area contributed by atoms with Gasteiger partial charge >= 0.3 is 0 Å². The van der Waals surface area contributed by atoms with Crippen LogP contribution in [-0.4, -0.2) is 10.3 Å². The molecule has 1 aromatic carbocycles. The summed E-state index contributed by atoms with van der Waals surface area (Å²) in [5.74, 6) is 2.20. The second-order valence-corrected chi connectivity index (χ2v) is 5.19. The minimum atomic E-state index is 0.836. The molecule has 0 saturated heterocycles. The lowest BCUT2D eigenvalue weighted by Crippen LogP contribution is -1.94. The van der Waals surface area contributed by atoms with Crippen LogP contribution in [0, 0.1) is 0 Å². The Bertz CT molecular complexity index is 476. The molecule has 2 aromatic rings. The maximum atomic E-state index is 6.18. The molecule has 0 amide bonds. The van der Waals surface area contributed by atoms with Gasteiger partial charge in [-0.05, 0) is 17.9 Å². The van der Waals surface area contributed by atoms with E-state index in [-0.39, 0.29) is 0 Å². The molecule has 0 N–H and O–H groups in total. The van der Waals surface area contributed by atoms with Gasteiger partial charge in [0.15, 0.2) is 0 Å². The number of nitrogens with zero attached hydrogens (tertiary/aromatic N) is 1. The van der Waals surface area contributed by atoms with Crippen molar-refractivity contribution in [2.45, 2.75) is 12.7 Å². The molecule has 0 spiro atoms. The smallest absolute Gasteiger partial charge is 0.0669 e. The first kappa shape index (κ1) is 10.9. The summed E-state index contributed by atoms with van der Waals surface area (Å²) in [4.78, 5) is 0. The van der Waals surface area contributed by atoms with Crippen LogP contribution in [0.1, 0.15) is 12.6 Å². The van der Waals surface area contributed by atoms with Gasteiger partial charge in [0, 0.05) is 23.9 Å². The van der Waals surface area contributed by atoms with Gasteiger partial charge in [-0.15, -0.1) is 0 Å². The topological polar surface area (TPSA) is 4.93 Å². The van der Waals surface area contributed by atoms with Crippen LogP contribution in [0.25, 0.3) is 10.9 Å². The van der Waals surface area contributed by atoms with Gasteiger partial charge in [0.2, 0.25) is 0 Å². The summed E-state index contributed by atoms with van der Waals surface area (Å²) < 4.78 is 2.19. The quantitative estimate of drug-likeness (QED) is 0.781. The van der Waals surface area contributed by atoms with Crippen LogP contribution in [0.2, 0.25) is 5.02 Å². The summed E-state index contributed by atoms with van der Waals surface area (Å²) in [6.07, 6.45) is 0. The molecule has 0 aliphatic heterocycles. The summed E-state index contributed by atoms with van der Waals surface area (Å²) in [5.41, 5.74) is 2.48. The molecular weight excluding hydrogens is 226 g/mol. The van der Waals surface area contributed by atoms with Gasteiger partial charge in [0.25, 0.3) is 0 Å². The van der Waals surface area contributed by atoms with Crippen molar-refractivity contribution in [2.24, 2.45) is 7.05 Å². The highest BCUT2D eigenvalue weighted by atomic mass is 35.5. The Morgan fingerprint density at radius 2 is 2.20 bits per heavy atom. The first-order valence-electron chi connectivity index (χ1n) is 5.04. The van der Waals surface area contributed by atoms with Crippen LogP contribution in [0.5, 0.6) is 0 Å². The molecule has 0 saturated carbocycles. The van der Waals surface area contributed by atoms with Crippen molar-refractivity contribution in [3.8, 4) is 0 Å². The van der Waals surface area contributed by atoms with Crippen LogP contribution >= 0.6 is 23.4 Å². The number of halogens is 1. The fraction of sp³-hybridized carbons (Fsp3) is 0.333. The number of aromatic nitrogens is 1. The van der Waals surface area contributed by atoms with Gasteiger partial charge in [0.05, 0.1) is 10.5 Å². The third-order valence-corrected chi connectivity index (χ3v) is 3.77. The Kier molecular flexibility index (Phi) is 3.27. The molecule has 1 aromatic heterocycles. The normalized spacial score (nSPS) is 11.1. The van der Waals surface area contributed by atoms with Crippen LogP contribution in [0.4, 0.5) is 0 Å². The molecule has 1 nitrogen and oxygen atoms in total. The number of aryl methyl sites for hydroxylation is 1. The predicted octanol–water partition coefficient (Wildman–Crippen LogP) is 4.08. The Balaban J connectivity index is 2.50. The highest BCUT2D eigenvalue weighted by Crippen LogP contribution is 2.27. The Morgan fingerprint density at radius 1 is 1.40 bits per heavy atom. The van der Waals surface area contributed by atoms with E-state index >= 15 is 0 Å². The van der Waals surface area contributed by atoms with E-state index in [9.17, 15) is 0 Å². The lowest BCUT2D eigenvalue weighted by atomic mass is 10.2. The number of thioether (sulfide) groups is 1. The average Bonchev–Trinajstić information content (AvgIpc) is 2.54. The highest BCUT2D eigenvalue weighted by Gasteiger charge is 2.07. The number of hydrogen-bond donors (Lipinski definition) is 0. The first-order valence-corrected chi connectivity index (χ1v) is 6.58. The third kappa shape index (κ3) is 2.01. The van der Waals surface area contributed by atoms with Gasteiger partial charge in [-0.1, -0.05) is 30.7 Å². The average molecular weight is 240 g/mol. The van der Waals surface area contributed by atoms with Gasteiger partial charge in [-0.3, -0.25) is 0 Å². The van der Waals surface area contributed by atoms with Crippen LogP contribution in [0.3, 0.4) is 0 Å². The standard InChI is InChI=1S/C12H14ClNS/c1-3-15-8-10-7-9-5-4-6-11(13)12(9)14(10)2/h4-7H,3,8H2,1-2H3. The molecule has 0 aliphatic rings. The number of fused-ring (bicyclic) bond motifs is 1. The Hall–Kier alpha value is -0.600. The zero-order valence-corrected chi connectivity index (χ0v) is 10.5. The largest absolute Gasteiger partial charge is 0.346 e. The monoisotopic (exact) mass is 239 g/mol. The van der Waals surface area contributed by atoms with E-state index in [0.717, 1.165) is 22.0 Å². The van der Waals surface area contributed by atoms with Crippen molar-refractivity contribution in [3.63, 3.8) is 0 Å². The third-order valence-electron chi connectivity index (χ3n) is 2.56. The van der Waals surface area contributed by atoms with Crippen molar-refractivity contribution in [1.29, 1.82) is 0 Å². The van der Waals surface area contributed by atoms with Crippen molar-refractivity contribution in [2.75, 3.05) is 5.75 Å². The van der Waals surface area contributed by atoms with E-state index in [1.807, 2.05) is 23.9 Å². The fourth-order valence-corrected chi connectivity index (χ4v) is 2.77. The lowest BCUT2D eigenvalue weighted by Gasteiger charge is -2.03. The van der Waals surface area contributed by atoms with E-state index in [1.165, 1.54) is 11.1 Å². The summed E-state index contributed by atoms with van der Waals surface area (Å²) >= 11 is 8.11. The van der Waals surface area contributed by atoms with Crippen LogP contribution < -0.4 is 0 Å². The van der Waals surface area contributed by atoms with Gasteiger partial charge in [-0.25, -0.2) is 0 Å². The van der Waals surface area contributed by atoms with Crippen molar-refractivity contribution < 1.29 is 0 Å². The molecule has 0 atom stereocenters. The molecule has 0 unspecified atom stereocenters. The van der Waals surface area contributed by atoms with E-state index in [2.05, 4.69) is 30.7 Å². The molecular formula is C12H14ClNS. The van der Waals surface area contributed by atoms with Crippen molar-refractivity contribution >= 4 is 34.3 Å². The molecule has 0 fully saturated rings.